The van der Waals surface area contributed by atoms with Crippen molar-refractivity contribution in [3.8, 4) is 23.2 Å². The van der Waals surface area contributed by atoms with E-state index in [0.717, 1.165) is 29.4 Å². The van der Waals surface area contributed by atoms with Crippen LogP contribution in [0.3, 0.4) is 0 Å². The van der Waals surface area contributed by atoms with Crippen LogP contribution in [0.1, 0.15) is 18.9 Å². The number of benzene rings is 2. The summed E-state index contributed by atoms with van der Waals surface area (Å²) < 4.78 is 40.3. The van der Waals surface area contributed by atoms with Crippen molar-refractivity contribution in [1.82, 2.24) is 19.9 Å². The third-order valence-electron chi connectivity index (χ3n) is 6.68. The first kappa shape index (κ1) is 26.2. The molecule has 2 aliphatic heterocycles. The fraction of sp³-hybridized carbons (Fsp3) is 0.370. The van der Waals surface area contributed by atoms with Crippen molar-refractivity contribution in [2.45, 2.75) is 25.4 Å². The number of carbonyl (C=O) groups is 1. The van der Waals surface area contributed by atoms with Gasteiger partial charge < -0.3 is 24.6 Å². The molecule has 1 atom stereocenters. The molecule has 1 unspecified atom stereocenters. The van der Waals surface area contributed by atoms with E-state index in [0.29, 0.717) is 30.5 Å². The number of nitrogens with zero attached hydrogens (tertiary/aromatic N) is 6. The van der Waals surface area contributed by atoms with Gasteiger partial charge in [0.1, 0.15) is 18.1 Å². The first-order valence-electron chi connectivity index (χ1n) is 12.6. The van der Waals surface area contributed by atoms with Crippen LogP contribution >= 0.6 is 0 Å². The summed E-state index contributed by atoms with van der Waals surface area (Å²) in [6.45, 7) is 3.81. The molecule has 1 N–H and O–H groups in total. The lowest BCUT2D eigenvalue weighted by Gasteiger charge is -2.37. The van der Waals surface area contributed by atoms with E-state index in [2.05, 4.69) is 25.2 Å². The predicted octanol–water partition coefficient (Wildman–Crippen LogP) is 3.63. The molecular weight excluding hydrogens is 508 g/mol. The lowest BCUT2D eigenvalue weighted by molar-refractivity contribution is -0.158. The van der Waals surface area contributed by atoms with E-state index < -0.39 is 24.5 Å². The summed E-state index contributed by atoms with van der Waals surface area (Å²) in [5.74, 6) is -3.00. The Bertz CT molecular complexity index is 1370. The number of likely N-dealkylation sites (tertiary alicyclic amines) is 1. The van der Waals surface area contributed by atoms with Crippen LogP contribution < -0.4 is 15.0 Å². The highest BCUT2D eigenvalue weighted by Crippen LogP contribution is 2.33. The molecular formula is C27H27F2N7O3. The van der Waals surface area contributed by atoms with Crippen LogP contribution in [-0.4, -0.2) is 77.2 Å². The second kappa shape index (κ2) is 11.2. The molecule has 39 heavy (non-hydrogen) atoms. The highest BCUT2D eigenvalue weighted by Gasteiger charge is 2.47. The van der Waals surface area contributed by atoms with E-state index in [1.54, 1.807) is 6.07 Å². The van der Waals surface area contributed by atoms with Crippen LogP contribution in [0.2, 0.25) is 0 Å². The van der Waals surface area contributed by atoms with Gasteiger partial charge in [-0.1, -0.05) is 0 Å². The Balaban J connectivity index is 1.29. The fourth-order valence-corrected chi connectivity index (χ4v) is 4.55. The Morgan fingerprint density at radius 1 is 1.15 bits per heavy atom. The average molecular weight is 536 g/mol. The number of carbonyl (C=O) groups excluding carboxylic acids is 1. The lowest BCUT2D eigenvalue weighted by Crippen LogP contribution is -2.54. The summed E-state index contributed by atoms with van der Waals surface area (Å²) in [5.41, 5.74) is 2.48. The van der Waals surface area contributed by atoms with Gasteiger partial charge in [-0.2, -0.15) is 10.2 Å². The highest BCUT2D eigenvalue weighted by molar-refractivity contribution is 5.73. The zero-order valence-corrected chi connectivity index (χ0v) is 21.3. The third-order valence-corrected chi connectivity index (χ3v) is 6.68. The minimum Gasteiger partial charge on any atom is -0.483 e. The molecule has 0 radical (unpaired) electrons. The number of rotatable bonds is 6. The standard InChI is InChI=1S/C27H27F2N7O3/c1-18(37)36-9-8-24(27(28,29)16-36)39-23-7-2-19(14-20(23)15-30)25-31-17-32-26(34-25)33-21-3-5-22(6-4-21)35-10-12-38-13-11-35/h2-7,14,17,24H,8-13,16H2,1H3,(H,31,32,33,34). The van der Waals surface area contributed by atoms with Crippen molar-refractivity contribution < 1.29 is 23.0 Å². The fourth-order valence-electron chi connectivity index (χ4n) is 4.55. The van der Waals surface area contributed by atoms with Gasteiger partial charge in [0.2, 0.25) is 11.9 Å². The molecule has 2 saturated heterocycles. The SMILES string of the molecule is CC(=O)N1CCC(Oc2ccc(-c3ncnc(Nc4ccc(N5CCOCC5)cc4)n3)cc2C#N)C(F)(F)C1. The van der Waals surface area contributed by atoms with Crippen molar-refractivity contribution in [3.05, 3.63) is 54.4 Å². The van der Waals surface area contributed by atoms with Gasteiger partial charge in [0, 0.05) is 49.9 Å². The lowest BCUT2D eigenvalue weighted by atomic mass is 10.0. The number of aromatic nitrogens is 3. The molecule has 0 saturated carbocycles. The van der Waals surface area contributed by atoms with E-state index in [4.69, 9.17) is 9.47 Å². The summed E-state index contributed by atoms with van der Waals surface area (Å²) in [6.07, 6.45) is -0.143. The number of halogens is 2. The number of anilines is 3. The Labute approximate surface area is 224 Å². The van der Waals surface area contributed by atoms with Gasteiger partial charge in [-0.15, -0.1) is 0 Å². The van der Waals surface area contributed by atoms with E-state index in [1.165, 1.54) is 25.4 Å². The molecule has 12 heteroatoms. The van der Waals surface area contributed by atoms with Crippen molar-refractivity contribution in [2.24, 2.45) is 0 Å². The third kappa shape index (κ3) is 6.04. The minimum absolute atomic E-state index is 0.0370. The maximum absolute atomic E-state index is 14.6. The van der Waals surface area contributed by atoms with Crippen LogP contribution in [0, 0.1) is 11.3 Å². The van der Waals surface area contributed by atoms with Crippen LogP contribution in [-0.2, 0) is 9.53 Å². The molecule has 3 aromatic rings. The first-order chi connectivity index (χ1) is 18.8. The molecule has 2 aromatic carbocycles. The van der Waals surface area contributed by atoms with Crippen molar-refractivity contribution in [1.29, 1.82) is 5.26 Å². The van der Waals surface area contributed by atoms with Crippen molar-refractivity contribution >= 4 is 23.2 Å². The smallest absolute Gasteiger partial charge is 0.301 e. The van der Waals surface area contributed by atoms with Crippen LogP contribution in [0.5, 0.6) is 5.75 Å². The summed E-state index contributed by atoms with van der Waals surface area (Å²) in [4.78, 5) is 27.7. The number of piperidine rings is 1. The van der Waals surface area contributed by atoms with Gasteiger partial charge in [0.25, 0.3) is 0 Å². The number of alkyl halides is 2. The number of morpholine rings is 1. The maximum atomic E-state index is 14.6. The Morgan fingerprint density at radius 2 is 1.92 bits per heavy atom. The minimum atomic E-state index is -3.25. The second-order valence-corrected chi connectivity index (χ2v) is 9.32. The van der Waals surface area contributed by atoms with Crippen LogP contribution in [0.4, 0.5) is 26.1 Å². The van der Waals surface area contributed by atoms with Gasteiger partial charge in [0.05, 0.1) is 25.3 Å². The number of nitriles is 1. The molecule has 5 rings (SSSR count). The normalized spacial score (nSPS) is 18.8. The number of nitrogens with one attached hydrogen (secondary N) is 1. The number of hydrogen-bond acceptors (Lipinski definition) is 9. The number of amides is 1. The zero-order valence-electron chi connectivity index (χ0n) is 21.3. The first-order valence-corrected chi connectivity index (χ1v) is 12.6. The molecule has 10 nitrogen and oxygen atoms in total. The Kier molecular flexibility index (Phi) is 7.51. The molecule has 0 bridgehead atoms. The van der Waals surface area contributed by atoms with Crippen LogP contribution in [0.25, 0.3) is 11.4 Å². The second-order valence-electron chi connectivity index (χ2n) is 9.32. The van der Waals surface area contributed by atoms with E-state index >= 15 is 0 Å². The van der Waals surface area contributed by atoms with E-state index in [9.17, 15) is 18.8 Å². The Morgan fingerprint density at radius 3 is 2.62 bits per heavy atom. The molecule has 202 valence electrons. The zero-order chi connectivity index (χ0) is 27.4. The average Bonchev–Trinajstić information content (AvgIpc) is 2.95. The molecule has 0 spiro atoms. The summed E-state index contributed by atoms with van der Waals surface area (Å²) in [7, 11) is 0. The van der Waals surface area contributed by atoms with Gasteiger partial charge >= 0.3 is 5.92 Å². The molecule has 3 heterocycles. The molecule has 2 fully saturated rings. The van der Waals surface area contributed by atoms with Gasteiger partial charge in [-0.25, -0.2) is 18.7 Å². The molecule has 0 aliphatic carbocycles. The number of ether oxygens (including phenoxy) is 2. The van der Waals surface area contributed by atoms with Crippen molar-refractivity contribution in [2.75, 3.05) is 49.6 Å². The maximum Gasteiger partial charge on any atom is 0.301 e. The number of hydrogen-bond donors (Lipinski definition) is 1. The quantitative estimate of drug-likeness (QED) is 0.505. The summed E-state index contributed by atoms with van der Waals surface area (Å²) in [6, 6.07) is 14.5. The topological polar surface area (TPSA) is 116 Å². The molecule has 1 aromatic heterocycles. The molecule has 1 amide bonds. The monoisotopic (exact) mass is 535 g/mol. The van der Waals surface area contributed by atoms with E-state index in [-0.39, 0.29) is 24.3 Å². The Hall–Kier alpha value is -4.37. The largest absolute Gasteiger partial charge is 0.483 e. The van der Waals surface area contributed by atoms with Gasteiger partial charge in [-0.3, -0.25) is 4.79 Å². The summed E-state index contributed by atoms with van der Waals surface area (Å²) >= 11 is 0. The summed E-state index contributed by atoms with van der Waals surface area (Å²) in [5, 5.41) is 12.8. The van der Waals surface area contributed by atoms with Gasteiger partial charge in [0.15, 0.2) is 11.9 Å². The molecule has 2 aliphatic rings. The van der Waals surface area contributed by atoms with Crippen LogP contribution in [0.15, 0.2) is 48.8 Å². The highest BCUT2D eigenvalue weighted by atomic mass is 19.3. The predicted molar refractivity (Wildman–Crippen MR) is 139 cm³/mol. The van der Waals surface area contributed by atoms with E-state index in [1.807, 2.05) is 30.3 Å². The van der Waals surface area contributed by atoms with Crippen molar-refractivity contribution in [3.63, 3.8) is 0 Å². The van der Waals surface area contributed by atoms with Gasteiger partial charge in [-0.05, 0) is 42.5 Å².